The van der Waals surface area contributed by atoms with Crippen LogP contribution in [0.2, 0.25) is 0 Å². The van der Waals surface area contributed by atoms with Crippen LogP contribution in [0.5, 0.6) is 0 Å². The van der Waals surface area contributed by atoms with Crippen LogP contribution >= 0.6 is 0 Å². The molecule has 1 heterocycles. The Kier molecular flexibility index (Phi) is 5.23. The zero-order valence-corrected chi connectivity index (χ0v) is 13.6. The minimum absolute atomic E-state index is 0.398. The second-order valence-corrected chi connectivity index (χ2v) is 6.35. The standard InChI is InChI=1S/C17H27N3O/c1-12(2)11-21-9-5-8-20-16-7-6-14(18)10-15(16)19-17(20)13(3)4/h6-7,10,12-13H,5,8-9,11,18H2,1-4H3. The van der Waals surface area contributed by atoms with E-state index in [0.717, 1.165) is 48.7 Å². The van der Waals surface area contributed by atoms with Gasteiger partial charge in [-0.1, -0.05) is 27.7 Å². The molecular formula is C17H27N3O. The van der Waals surface area contributed by atoms with Gasteiger partial charge in [-0.25, -0.2) is 4.98 Å². The maximum absolute atomic E-state index is 5.86. The fourth-order valence-electron chi connectivity index (χ4n) is 2.48. The highest BCUT2D eigenvalue weighted by atomic mass is 16.5. The molecule has 0 aliphatic heterocycles. The Morgan fingerprint density at radius 2 is 2.00 bits per heavy atom. The van der Waals surface area contributed by atoms with Crippen molar-refractivity contribution in [3.05, 3.63) is 24.0 Å². The van der Waals surface area contributed by atoms with Gasteiger partial charge in [0.1, 0.15) is 5.82 Å². The molecule has 0 spiro atoms. The zero-order chi connectivity index (χ0) is 15.4. The Morgan fingerprint density at radius 3 is 2.67 bits per heavy atom. The number of benzene rings is 1. The first-order valence-electron chi connectivity index (χ1n) is 7.82. The van der Waals surface area contributed by atoms with Crippen LogP contribution in [0.1, 0.15) is 45.9 Å². The highest BCUT2D eigenvalue weighted by Crippen LogP contribution is 2.23. The lowest BCUT2D eigenvalue weighted by Gasteiger charge is -2.12. The van der Waals surface area contributed by atoms with Crippen LogP contribution in [0.3, 0.4) is 0 Å². The fraction of sp³-hybridized carbons (Fsp3) is 0.588. The van der Waals surface area contributed by atoms with Crippen molar-refractivity contribution in [1.29, 1.82) is 0 Å². The molecule has 0 saturated heterocycles. The van der Waals surface area contributed by atoms with Gasteiger partial charge < -0.3 is 15.0 Å². The monoisotopic (exact) mass is 289 g/mol. The molecule has 0 bridgehead atoms. The van der Waals surface area contributed by atoms with Gasteiger partial charge in [-0.15, -0.1) is 0 Å². The molecule has 0 fully saturated rings. The summed E-state index contributed by atoms with van der Waals surface area (Å²) in [4.78, 5) is 4.74. The smallest absolute Gasteiger partial charge is 0.112 e. The molecule has 1 aromatic carbocycles. The summed E-state index contributed by atoms with van der Waals surface area (Å²) in [5, 5.41) is 0. The van der Waals surface area contributed by atoms with E-state index in [1.807, 2.05) is 12.1 Å². The third kappa shape index (κ3) is 3.97. The number of fused-ring (bicyclic) bond motifs is 1. The first-order valence-corrected chi connectivity index (χ1v) is 7.82. The SMILES string of the molecule is CC(C)COCCCn1c(C(C)C)nc2cc(N)ccc21. The van der Waals surface area contributed by atoms with Crippen molar-refractivity contribution in [2.24, 2.45) is 5.92 Å². The summed E-state index contributed by atoms with van der Waals surface area (Å²) < 4.78 is 7.97. The number of aryl methyl sites for hydroxylation is 1. The molecule has 2 rings (SSSR count). The topological polar surface area (TPSA) is 53.1 Å². The second-order valence-electron chi connectivity index (χ2n) is 6.35. The van der Waals surface area contributed by atoms with Gasteiger partial charge in [-0.3, -0.25) is 0 Å². The number of hydrogen-bond donors (Lipinski definition) is 1. The van der Waals surface area contributed by atoms with E-state index >= 15 is 0 Å². The van der Waals surface area contributed by atoms with Crippen LogP contribution in [0, 0.1) is 5.92 Å². The van der Waals surface area contributed by atoms with Gasteiger partial charge in [0.15, 0.2) is 0 Å². The molecule has 0 unspecified atom stereocenters. The second kappa shape index (κ2) is 6.94. The molecule has 116 valence electrons. The quantitative estimate of drug-likeness (QED) is 0.623. The summed E-state index contributed by atoms with van der Waals surface area (Å²) in [6.45, 7) is 11.3. The number of nitrogen functional groups attached to an aromatic ring is 1. The summed E-state index contributed by atoms with van der Waals surface area (Å²) >= 11 is 0. The molecule has 0 saturated carbocycles. The largest absolute Gasteiger partial charge is 0.399 e. The van der Waals surface area contributed by atoms with Crippen molar-refractivity contribution in [3.63, 3.8) is 0 Å². The molecule has 0 aliphatic rings. The van der Waals surface area contributed by atoms with E-state index in [2.05, 4.69) is 38.3 Å². The van der Waals surface area contributed by atoms with Gasteiger partial charge in [0, 0.05) is 31.4 Å². The van der Waals surface area contributed by atoms with Gasteiger partial charge in [-0.2, -0.15) is 0 Å². The van der Waals surface area contributed by atoms with Gasteiger partial charge in [0.2, 0.25) is 0 Å². The molecule has 0 amide bonds. The maximum Gasteiger partial charge on any atom is 0.112 e. The minimum atomic E-state index is 0.398. The number of hydrogen-bond acceptors (Lipinski definition) is 3. The molecule has 4 nitrogen and oxygen atoms in total. The lowest BCUT2D eigenvalue weighted by atomic mass is 10.2. The Hall–Kier alpha value is -1.55. The number of nitrogens with zero attached hydrogens (tertiary/aromatic N) is 2. The maximum atomic E-state index is 5.86. The van der Waals surface area contributed by atoms with Crippen LogP contribution in [0.15, 0.2) is 18.2 Å². The molecule has 1 aromatic heterocycles. The first-order chi connectivity index (χ1) is 9.99. The van der Waals surface area contributed by atoms with Crippen molar-refractivity contribution in [2.45, 2.75) is 46.6 Å². The van der Waals surface area contributed by atoms with E-state index in [1.165, 1.54) is 0 Å². The number of anilines is 1. The van der Waals surface area contributed by atoms with Crippen LogP contribution in [0.25, 0.3) is 11.0 Å². The van der Waals surface area contributed by atoms with Crippen LogP contribution < -0.4 is 5.73 Å². The summed E-state index contributed by atoms with van der Waals surface area (Å²) in [5.41, 5.74) is 8.78. The summed E-state index contributed by atoms with van der Waals surface area (Å²) in [5.74, 6) is 2.11. The molecule has 0 radical (unpaired) electrons. The van der Waals surface area contributed by atoms with Gasteiger partial charge in [-0.05, 0) is 30.5 Å². The zero-order valence-electron chi connectivity index (χ0n) is 13.6. The predicted molar refractivity (Wildman–Crippen MR) is 88.5 cm³/mol. The number of nitrogens with two attached hydrogens (primary N) is 1. The van der Waals surface area contributed by atoms with E-state index in [0.29, 0.717) is 11.8 Å². The van der Waals surface area contributed by atoms with Crippen molar-refractivity contribution < 1.29 is 4.74 Å². The number of aromatic nitrogens is 2. The lowest BCUT2D eigenvalue weighted by Crippen LogP contribution is -2.09. The average molecular weight is 289 g/mol. The number of rotatable bonds is 7. The predicted octanol–water partition coefficient (Wildman–Crippen LogP) is 3.80. The van der Waals surface area contributed by atoms with Crippen molar-refractivity contribution >= 4 is 16.7 Å². The molecule has 0 aliphatic carbocycles. The van der Waals surface area contributed by atoms with Crippen molar-refractivity contribution in [1.82, 2.24) is 9.55 Å². The van der Waals surface area contributed by atoms with E-state index < -0.39 is 0 Å². The van der Waals surface area contributed by atoms with Gasteiger partial charge in [0.25, 0.3) is 0 Å². The van der Waals surface area contributed by atoms with Crippen LogP contribution in [0.4, 0.5) is 5.69 Å². The third-order valence-electron chi connectivity index (χ3n) is 3.44. The fourth-order valence-corrected chi connectivity index (χ4v) is 2.48. The number of ether oxygens (including phenoxy) is 1. The third-order valence-corrected chi connectivity index (χ3v) is 3.44. The summed E-state index contributed by atoms with van der Waals surface area (Å²) in [6.07, 6.45) is 1.00. The molecule has 4 heteroatoms. The number of imidazole rings is 1. The van der Waals surface area contributed by atoms with Crippen molar-refractivity contribution in [3.8, 4) is 0 Å². The Morgan fingerprint density at radius 1 is 1.24 bits per heavy atom. The normalized spacial score (nSPS) is 11.9. The van der Waals surface area contributed by atoms with Gasteiger partial charge >= 0.3 is 0 Å². The summed E-state index contributed by atoms with van der Waals surface area (Å²) in [6, 6.07) is 5.96. The molecule has 0 atom stereocenters. The molecule has 2 N–H and O–H groups in total. The highest BCUT2D eigenvalue weighted by molar-refractivity contribution is 5.79. The molecular weight excluding hydrogens is 262 g/mol. The van der Waals surface area contributed by atoms with E-state index in [-0.39, 0.29) is 0 Å². The lowest BCUT2D eigenvalue weighted by molar-refractivity contribution is 0.105. The average Bonchev–Trinajstić information content (AvgIpc) is 2.76. The van der Waals surface area contributed by atoms with Crippen molar-refractivity contribution in [2.75, 3.05) is 18.9 Å². The van der Waals surface area contributed by atoms with Crippen LogP contribution in [-0.4, -0.2) is 22.8 Å². The van der Waals surface area contributed by atoms with E-state index in [9.17, 15) is 0 Å². The minimum Gasteiger partial charge on any atom is -0.399 e. The Bertz CT molecular complexity index is 587. The Labute approximate surface area is 127 Å². The highest BCUT2D eigenvalue weighted by Gasteiger charge is 2.13. The van der Waals surface area contributed by atoms with Gasteiger partial charge in [0.05, 0.1) is 11.0 Å². The summed E-state index contributed by atoms with van der Waals surface area (Å²) in [7, 11) is 0. The molecule has 2 aromatic rings. The first kappa shape index (κ1) is 15.8. The van der Waals surface area contributed by atoms with E-state index in [1.54, 1.807) is 0 Å². The van der Waals surface area contributed by atoms with E-state index in [4.69, 9.17) is 15.5 Å². The van der Waals surface area contributed by atoms with Crippen LogP contribution in [-0.2, 0) is 11.3 Å². The molecule has 21 heavy (non-hydrogen) atoms. The Balaban J connectivity index is 2.11.